The summed E-state index contributed by atoms with van der Waals surface area (Å²) in [5.74, 6) is -0.835. The molecule has 0 unspecified atom stereocenters. The number of nitrogens with one attached hydrogen (secondary N) is 1. The summed E-state index contributed by atoms with van der Waals surface area (Å²) in [6.45, 7) is 1.07. The van der Waals surface area contributed by atoms with Crippen LogP contribution >= 0.6 is 0 Å². The number of carbonyl (C=O) groups excluding carboxylic acids is 2. The lowest BCUT2D eigenvalue weighted by Crippen LogP contribution is -2.37. The zero-order valence-electron chi connectivity index (χ0n) is 10.8. The molecule has 0 saturated carbocycles. The molecular formula is C11H14N3O6+. The van der Waals surface area contributed by atoms with E-state index in [1.165, 1.54) is 17.7 Å². The van der Waals surface area contributed by atoms with E-state index in [0.29, 0.717) is 5.56 Å². The van der Waals surface area contributed by atoms with Crippen LogP contribution in [0.3, 0.4) is 0 Å². The van der Waals surface area contributed by atoms with E-state index in [4.69, 9.17) is 4.74 Å². The fourth-order valence-electron chi connectivity index (χ4n) is 1.29. The largest absolute Gasteiger partial charge is 0.405 e. The molecule has 0 atom stereocenters. The zero-order valence-corrected chi connectivity index (χ0v) is 10.8. The molecule has 20 heavy (non-hydrogen) atoms. The van der Waals surface area contributed by atoms with Crippen molar-refractivity contribution in [1.82, 2.24) is 5.32 Å². The van der Waals surface area contributed by atoms with E-state index in [1.807, 2.05) is 0 Å². The molecule has 1 N–H and O–H groups in total. The van der Waals surface area contributed by atoms with Crippen LogP contribution in [0.1, 0.15) is 17.3 Å². The lowest BCUT2D eigenvalue weighted by Gasteiger charge is -2.04. The van der Waals surface area contributed by atoms with Gasteiger partial charge in [-0.2, -0.15) is 4.57 Å². The van der Waals surface area contributed by atoms with E-state index >= 15 is 0 Å². The first-order valence-corrected chi connectivity index (χ1v) is 5.67. The highest BCUT2D eigenvalue weighted by Crippen LogP contribution is 1.94. The molecule has 1 aromatic heterocycles. The fraction of sp³-hybridized carbons (Fsp3) is 0.364. The van der Waals surface area contributed by atoms with E-state index in [9.17, 15) is 19.7 Å². The van der Waals surface area contributed by atoms with Gasteiger partial charge in [0.15, 0.2) is 12.4 Å². The molecule has 1 heterocycles. The highest BCUT2D eigenvalue weighted by atomic mass is 16.9. The summed E-state index contributed by atoms with van der Waals surface area (Å²) < 4.78 is 6.30. The minimum atomic E-state index is -0.929. The van der Waals surface area contributed by atoms with Gasteiger partial charge < -0.3 is 14.9 Å². The van der Waals surface area contributed by atoms with Gasteiger partial charge in [0.25, 0.3) is 17.7 Å². The third-order valence-electron chi connectivity index (χ3n) is 2.12. The Hall–Kier alpha value is -2.71. The molecule has 0 saturated heterocycles. The van der Waals surface area contributed by atoms with Crippen LogP contribution in [0.4, 0.5) is 0 Å². The second kappa shape index (κ2) is 7.67. The SMILES string of the molecule is CC(=O)OC[n+]1cccc(C(=O)NCCO[N+](=O)[O-])c1. The van der Waals surface area contributed by atoms with E-state index in [-0.39, 0.29) is 19.9 Å². The monoisotopic (exact) mass is 284 g/mol. The Labute approximate surface area is 114 Å². The Morgan fingerprint density at radius 1 is 1.50 bits per heavy atom. The minimum absolute atomic E-state index is 0.000881. The molecule has 0 aliphatic rings. The van der Waals surface area contributed by atoms with Gasteiger partial charge in [0.2, 0.25) is 0 Å². The van der Waals surface area contributed by atoms with Crippen molar-refractivity contribution < 1.29 is 28.8 Å². The number of hydrogen-bond donors (Lipinski definition) is 1. The molecule has 0 aromatic carbocycles. The molecule has 0 aliphatic carbocycles. The fourth-order valence-corrected chi connectivity index (χ4v) is 1.29. The van der Waals surface area contributed by atoms with Gasteiger partial charge in [-0.3, -0.25) is 9.59 Å². The minimum Gasteiger partial charge on any atom is -0.405 e. The number of aromatic nitrogens is 1. The second-order valence-corrected chi connectivity index (χ2v) is 3.68. The van der Waals surface area contributed by atoms with Gasteiger partial charge >= 0.3 is 5.97 Å². The van der Waals surface area contributed by atoms with E-state index < -0.39 is 17.0 Å². The van der Waals surface area contributed by atoms with Gasteiger partial charge in [-0.05, 0) is 6.07 Å². The van der Waals surface area contributed by atoms with E-state index in [1.54, 1.807) is 18.3 Å². The Kier molecular flexibility index (Phi) is 5.88. The average Bonchev–Trinajstić information content (AvgIpc) is 2.41. The van der Waals surface area contributed by atoms with Crippen molar-refractivity contribution in [3.8, 4) is 0 Å². The van der Waals surface area contributed by atoms with Gasteiger partial charge in [-0.25, -0.2) is 0 Å². The smallest absolute Gasteiger partial charge is 0.307 e. The van der Waals surface area contributed by atoms with Crippen molar-refractivity contribution in [2.24, 2.45) is 0 Å². The molecule has 0 aliphatic heterocycles. The summed E-state index contributed by atoms with van der Waals surface area (Å²) in [7, 11) is 0. The van der Waals surface area contributed by atoms with Gasteiger partial charge in [0.05, 0.1) is 0 Å². The van der Waals surface area contributed by atoms with Gasteiger partial charge in [-0.15, -0.1) is 10.1 Å². The maximum absolute atomic E-state index is 11.7. The lowest BCUT2D eigenvalue weighted by molar-refractivity contribution is -0.757. The highest BCUT2D eigenvalue weighted by molar-refractivity contribution is 5.93. The Bertz CT molecular complexity index is 505. The first-order valence-electron chi connectivity index (χ1n) is 5.67. The number of esters is 1. The summed E-state index contributed by atoms with van der Waals surface area (Å²) in [5.41, 5.74) is 0.334. The number of pyridine rings is 1. The number of carbonyl (C=O) groups is 2. The number of rotatable bonds is 7. The Morgan fingerprint density at radius 3 is 2.90 bits per heavy atom. The van der Waals surface area contributed by atoms with Crippen LogP contribution in [-0.4, -0.2) is 30.1 Å². The van der Waals surface area contributed by atoms with Crippen LogP contribution in [0, 0.1) is 10.1 Å². The summed E-state index contributed by atoms with van der Waals surface area (Å²) >= 11 is 0. The third kappa shape index (κ3) is 5.76. The molecule has 0 radical (unpaired) electrons. The Balaban J connectivity index is 2.49. The van der Waals surface area contributed by atoms with Crippen LogP contribution in [0.25, 0.3) is 0 Å². The Morgan fingerprint density at radius 2 is 2.25 bits per heavy atom. The highest BCUT2D eigenvalue weighted by Gasteiger charge is 2.11. The molecule has 1 aromatic rings. The first-order chi connectivity index (χ1) is 9.49. The van der Waals surface area contributed by atoms with Crippen molar-refractivity contribution in [2.75, 3.05) is 13.2 Å². The maximum Gasteiger partial charge on any atom is 0.307 e. The van der Waals surface area contributed by atoms with Crippen LogP contribution in [0.15, 0.2) is 24.5 Å². The van der Waals surface area contributed by atoms with Gasteiger partial charge in [0, 0.05) is 19.5 Å². The van der Waals surface area contributed by atoms with Crippen LogP contribution in [0.2, 0.25) is 0 Å². The maximum atomic E-state index is 11.7. The first kappa shape index (κ1) is 15.3. The number of nitrogens with zero attached hydrogens (tertiary/aromatic N) is 2. The predicted octanol–water partition coefficient (Wildman–Crippen LogP) is -0.567. The molecule has 0 bridgehead atoms. The average molecular weight is 284 g/mol. The normalized spacial score (nSPS) is 9.65. The number of ether oxygens (including phenoxy) is 1. The second-order valence-electron chi connectivity index (χ2n) is 3.68. The van der Waals surface area contributed by atoms with E-state index in [2.05, 4.69) is 10.2 Å². The molecule has 108 valence electrons. The zero-order chi connectivity index (χ0) is 15.0. The molecule has 9 nitrogen and oxygen atoms in total. The molecule has 0 fully saturated rings. The molecule has 0 spiro atoms. The lowest BCUT2D eigenvalue weighted by atomic mass is 10.2. The van der Waals surface area contributed by atoms with Crippen molar-refractivity contribution >= 4 is 11.9 Å². The topological polar surface area (TPSA) is 112 Å². The molecule has 1 rings (SSSR count). The van der Waals surface area contributed by atoms with E-state index in [0.717, 1.165) is 0 Å². The summed E-state index contributed by atoms with van der Waals surface area (Å²) in [6, 6.07) is 3.18. The van der Waals surface area contributed by atoms with Crippen molar-refractivity contribution in [1.29, 1.82) is 0 Å². The summed E-state index contributed by atoms with van der Waals surface area (Å²) in [6.07, 6.45) is 3.13. The number of hydrogen-bond acceptors (Lipinski definition) is 6. The van der Waals surface area contributed by atoms with Crippen LogP contribution in [0.5, 0.6) is 0 Å². The number of amides is 1. The van der Waals surface area contributed by atoms with Gasteiger partial charge in [-0.1, -0.05) is 0 Å². The molecular weight excluding hydrogens is 270 g/mol. The summed E-state index contributed by atoms with van der Waals surface area (Å²) in [4.78, 5) is 36.4. The quantitative estimate of drug-likeness (QED) is 0.236. The van der Waals surface area contributed by atoms with Gasteiger partial charge in [0.1, 0.15) is 12.2 Å². The third-order valence-corrected chi connectivity index (χ3v) is 2.12. The summed E-state index contributed by atoms with van der Waals surface area (Å²) in [5, 5.41) is 11.4. The van der Waals surface area contributed by atoms with Crippen molar-refractivity contribution in [3.05, 3.63) is 40.2 Å². The predicted molar refractivity (Wildman–Crippen MR) is 63.7 cm³/mol. The molecule has 9 heteroatoms. The van der Waals surface area contributed by atoms with Crippen LogP contribution in [-0.2, 0) is 21.1 Å². The van der Waals surface area contributed by atoms with Crippen molar-refractivity contribution in [3.63, 3.8) is 0 Å². The van der Waals surface area contributed by atoms with Crippen LogP contribution < -0.4 is 9.88 Å². The van der Waals surface area contributed by atoms with Crippen molar-refractivity contribution in [2.45, 2.75) is 13.7 Å². The molecule has 1 amide bonds. The standard InChI is InChI=1S/C11H13N3O6/c1-9(15)19-8-13-5-2-3-10(7-13)11(16)12-4-6-20-14(17)18/h2-3,5,7H,4,6,8H2,1H3/p+1.